The molecule has 0 aliphatic heterocycles. The molecule has 0 saturated heterocycles. The molecule has 0 bridgehead atoms. The molecule has 16 heavy (non-hydrogen) atoms. The van der Waals surface area contributed by atoms with Gasteiger partial charge in [0.2, 0.25) is 0 Å². The molecule has 0 heterocycles. The molecule has 92 valence electrons. The van der Waals surface area contributed by atoms with Gasteiger partial charge >= 0.3 is 0 Å². The van der Waals surface area contributed by atoms with Gasteiger partial charge in [0.1, 0.15) is 0 Å². The summed E-state index contributed by atoms with van der Waals surface area (Å²) in [6, 6.07) is 0. The van der Waals surface area contributed by atoms with Crippen molar-refractivity contribution in [2.75, 3.05) is 0 Å². The van der Waals surface area contributed by atoms with E-state index in [0.29, 0.717) is 0 Å². The van der Waals surface area contributed by atoms with E-state index in [2.05, 4.69) is 18.8 Å². The molecule has 0 aromatic rings. The lowest BCUT2D eigenvalue weighted by Crippen LogP contribution is -2.27. The van der Waals surface area contributed by atoms with Crippen molar-refractivity contribution in [1.82, 2.24) is 0 Å². The predicted molar refractivity (Wildman–Crippen MR) is 69.1 cm³/mol. The monoisotopic (exact) mass is 222 g/mol. The fourth-order valence-electron chi connectivity index (χ4n) is 2.83. The van der Waals surface area contributed by atoms with E-state index in [-0.39, 0.29) is 0 Å². The van der Waals surface area contributed by atoms with Gasteiger partial charge in [-0.25, -0.2) is 0 Å². The van der Waals surface area contributed by atoms with Crippen LogP contribution in [-0.4, -0.2) is 10.7 Å². The maximum Gasteiger partial charge on any atom is 0.0657 e. The first-order valence-electron chi connectivity index (χ1n) is 6.82. The standard InChI is InChI=1S/C15H26O/c1-3-5-6-11-15(16)12-7-9-14(8-4-2)10-13-15/h14,16H,4,6-13H2,1-2H3. The van der Waals surface area contributed by atoms with Crippen LogP contribution in [0.4, 0.5) is 0 Å². The summed E-state index contributed by atoms with van der Waals surface area (Å²) in [5, 5.41) is 10.5. The highest BCUT2D eigenvalue weighted by atomic mass is 16.3. The van der Waals surface area contributed by atoms with Gasteiger partial charge in [-0.15, -0.1) is 11.8 Å². The molecular formula is C15H26O. The van der Waals surface area contributed by atoms with E-state index < -0.39 is 5.60 Å². The van der Waals surface area contributed by atoms with Crippen molar-refractivity contribution in [2.45, 2.75) is 77.2 Å². The van der Waals surface area contributed by atoms with E-state index in [4.69, 9.17) is 0 Å². The average Bonchev–Trinajstić information content (AvgIpc) is 2.43. The van der Waals surface area contributed by atoms with E-state index in [0.717, 1.165) is 31.6 Å². The first-order valence-corrected chi connectivity index (χ1v) is 6.82. The highest BCUT2D eigenvalue weighted by Crippen LogP contribution is 2.34. The van der Waals surface area contributed by atoms with Gasteiger partial charge in [-0.05, 0) is 38.5 Å². The third-order valence-corrected chi connectivity index (χ3v) is 3.86. The second-order valence-electron chi connectivity index (χ2n) is 5.24. The predicted octanol–water partition coefficient (Wildman–Crippen LogP) is 3.90. The molecule has 0 spiro atoms. The Bertz CT molecular complexity index is 248. The van der Waals surface area contributed by atoms with Gasteiger partial charge in [0, 0.05) is 6.42 Å². The Morgan fingerprint density at radius 3 is 2.81 bits per heavy atom. The van der Waals surface area contributed by atoms with Crippen LogP contribution in [-0.2, 0) is 0 Å². The number of aliphatic hydroxyl groups is 1. The van der Waals surface area contributed by atoms with Crippen molar-refractivity contribution in [1.29, 1.82) is 0 Å². The Morgan fingerprint density at radius 2 is 2.12 bits per heavy atom. The van der Waals surface area contributed by atoms with Gasteiger partial charge in [-0.3, -0.25) is 0 Å². The summed E-state index contributed by atoms with van der Waals surface area (Å²) in [5.74, 6) is 6.83. The van der Waals surface area contributed by atoms with Gasteiger partial charge in [0.15, 0.2) is 0 Å². The minimum Gasteiger partial charge on any atom is -0.390 e. The Balaban J connectivity index is 2.39. The van der Waals surface area contributed by atoms with Gasteiger partial charge < -0.3 is 5.11 Å². The molecule has 1 aliphatic carbocycles. The highest BCUT2D eigenvalue weighted by Gasteiger charge is 2.29. The van der Waals surface area contributed by atoms with Gasteiger partial charge in [-0.1, -0.05) is 32.6 Å². The van der Waals surface area contributed by atoms with Crippen molar-refractivity contribution in [3.8, 4) is 11.8 Å². The van der Waals surface area contributed by atoms with Crippen molar-refractivity contribution >= 4 is 0 Å². The first-order chi connectivity index (χ1) is 7.70. The summed E-state index contributed by atoms with van der Waals surface area (Å²) in [5.41, 5.74) is -0.410. The molecular weight excluding hydrogens is 196 g/mol. The zero-order valence-electron chi connectivity index (χ0n) is 10.9. The lowest BCUT2D eigenvalue weighted by molar-refractivity contribution is 0.0168. The van der Waals surface area contributed by atoms with Crippen LogP contribution in [0, 0.1) is 17.8 Å². The fourth-order valence-corrected chi connectivity index (χ4v) is 2.83. The maximum absolute atomic E-state index is 10.5. The van der Waals surface area contributed by atoms with Crippen LogP contribution in [0.3, 0.4) is 0 Å². The molecule has 1 rings (SSSR count). The molecule has 1 N–H and O–H groups in total. The molecule has 0 radical (unpaired) electrons. The summed E-state index contributed by atoms with van der Waals surface area (Å²) in [6.07, 6.45) is 10.0. The summed E-state index contributed by atoms with van der Waals surface area (Å²) in [6.45, 7) is 4.13. The minimum absolute atomic E-state index is 0.410. The number of rotatable bonds is 4. The second kappa shape index (κ2) is 6.97. The number of hydrogen-bond acceptors (Lipinski definition) is 1. The second-order valence-corrected chi connectivity index (χ2v) is 5.24. The Kier molecular flexibility index (Phi) is 5.91. The summed E-state index contributed by atoms with van der Waals surface area (Å²) < 4.78 is 0. The van der Waals surface area contributed by atoms with E-state index in [1.807, 2.05) is 6.92 Å². The van der Waals surface area contributed by atoms with Crippen molar-refractivity contribution in [3.05, 3.63) is 0 Å². The van der Waals surface area contributed by atoms with Crippen molar-refractivity contribution < 1.29 is 5.11 Å². The third-order valence-electron chi connectivity index (χ3n) is 3.86. The van der Waals surface area contributed by atoms with E-state index in [1.54, 1.807) is 0 Å². The van der Waals surface area contributed by atoms with E-state index >= 15 is 0 Å². The molecule has 1 aliphatic rings. The zero-order valence-corrected chi connectivity index (χ0v) is 10.9. The maximum atomic E-state index is 10.5. The average molecular weight is 222 g/mol. The smallest absolute Gasteiger partial charge is 0.0657 e. The zero-order chi connectivity index (χ0) is 11.9. The normalized spacial score (nSPS) is 30.3. The van der Waals surface area contributed by atoms with E-state index in [1.165, 1.54) is 32.1 Å². The molecule has 0 amide bonds. The van der Waals surface area contributed by atoms with Crippen LogP contribution in [0.5, 0.6) is 0 Å². The molecule has 1 heteroatoms. The van der Waals surface area contributed by atoms with Crippen molar-refractivity contribution in [3.63, 3.8) is 0 Å². The lowest BCUT2D eigenvalue weighted by Gasteiger charge is -2.25. The van der Waals surface area contributed by atoms with E-state index in [9.17, 15) is 5.11 Å². The Labute approximate surface area is 101 Å². The third kappa shape index (κ3) is 4.58. The van der Waals surface area contributed by atoms with Crippen LogP contribution in [0.1, 0.15) is 71.6 Å². The van der Waals surface area contributed by atoms with Crippen LogP contribution in [0.2, 0.25) is 0 Å². The number of hydrogen-bond donors (Lipinski definition) is 1. The van der Waals surface area contributed by atoms with Crippen LogP contribution < -0.4 is 0 Å². The summed E-state index contributed by atoms with van der Waals surface area (Å²) in [7, 11) is 0. The molecule has 1 fully saturated rings. The van der Waals surface area contributed by atoms with Crippen molar-refractivity contribution in [2.24, 2.45) is 5.92 Å². The first kappa shape index (κ1) is 13.6. The Hall–Kier alpha value is -0.480. The summed E-state index contributed by atoms with van der Waals surface area (Å²) in [4.78, 5) is 0. The largest absolute Gasteiger partial charge is 0.390 e. The molecule has 1 saturated carbocycles. The SMILES string of the molecule is CC#CCCC1(O)CCCC(CCC)CC1. The molecule has 2 atom stereocenters. The minimum atomic E-state index is -0.410. The quantitative estimate of drug-likeness (QED) is 0.565. The van der Waals surface area contributed by atoms with Crippen LogP contribution in [0.15, 0.2) is 0 Å². The molecule has 1 nitrogen and oxygen atoms in total. The van der Waals surface area contributed by atoms with Crippen LogP contribution in [0.25, 0.3) is 0 Å². The summed E-state index contributed by atoms with van der Waals surface area (Å²) >= 11 is 0. The van der Waals surface area contributed by atoms with Crippen LogP contribution >= 0.6 is 0 Å². The Morgan fingerprint density at radius 1 is 1.31 bits per heavy atom. The molecule has 2 unspecified atom stereocenters. The molecule has 0 aromatic heterocycles. The molecule has 0 aromatic carbocycles. The van der Waals surface area contributed by atoms with Gasteiger partial charge in [-0.2, -0.15) is 0 Å². The topological polar surface area (TPSA) is 20.2 Å². The van der Waals surface area contributed by atoms with Gasteiger partial charge in [0.25, 0.3) is 0 Å². The van der Waals surface area contributed by atoms with Gasteiger partial charge in [0.05, 0.1) is 5.60 Å². The highest BCUT2D eigenvalue weighted by molar-refractivity contribution is 4.97. The fraction of sp³-hybridized carbons (Fsp3) is 0.867. The lowest BCUT2D eigenvalue weighted by atomic mass is 9.88.